The van der Waals surface area contributed by atoms with Crippen LogP contribution in [0.2, 0.25) is 0 Å². The number of aryl methyl sites for hydroxylation is 1. The molecule has 0 fully saturated rings. The molecule has 1 unspecified atom stereocenters. The van der Waals surface area contributed by atoms with Crippen molar-refractivity contribution < 1.29 is 0 Å². The van der Waals surface area contributed by atoms with Gasteiger partial charge in [-0.2, -0.15) is 0 Å². The predicted octanol–water partition coefficient (Wildman–Crippen LogP) is 7.38. The standard InChI is InChI=1S/C23H32/c1-8-13-19(10-3)21(11-4)22(12-5)23-16-20(17(6)9-2)15-14-18(23)7/h10-11,13-17H,3-4,8-9,12H2,1-2,5-7H3/b19-13-,22-21+. The number of allylic oxidation sites excluding steroid dienone is 6. The normalized spacial score (nSPS) is 14.2. The Labute approximate surface area is 143 Å². The second kappa shape index (κ2) is 9.35. The van der Waals surface area contributed by atoms with Crippen LogP contribution in [0.5, 0.6) is 0 Å². The highest BCUT2D eigenvalue weighted by Gasteiger charge is 2.12. The number of rotatable bonds is 8. The molecule has 0 nitrogen and oxygen atoms in total. The Morgan fingerprint density at radius 1 is 1.13 bits per heavy atom. The molecule has 0 N–H and O–H groups in total. The largest absolute Gasteiger partial charge is 0.0985 e. The zero-order valence-corrected chi connectivity index (χ0v) is 15.6. The molecular formula is C23H32. The molecule has 0 radical (unpaired) electrons. The van der Waals surface area contributed by atoms with Crippen molar-refractivity contribution in [1.82, 2.24) is 0 Å². The van der Waals surface area contributed by atoms with E-state index in [1.807, 2.05) is 12.2 Å². The van der Waals surface area contributed by atoms with Gasteiger partial charge in [0, 0.05) is 0 Å². The van der Waals surface area contributed by atoms with E-state index in [2.05, 4.69) is 72.1 Å². The molecule has 0 aliphatic heterocycles. The molecule has 1 aromatic rings. The van der Waals surface area contributed by atoms with E-state index in [0.29, 0.717) is 5.92 Å². The van der Waals surface area contributed by atoms with Crippen LogP contribution in [0.1, 0.15) is 69.6 Å². The first-order valence-corrected chi connectivity index (χ1v) is 8.83. The third kappa shape index (κ3) is 4.58. The van der Waals surface area contributed by atoms with Gasteiger partial charge in [-0.15, -0.1) is 0 Å². The number of hydrogen-bond donors (Lipinski definition) is 0. The van der Waals surface area contributed by atoms with Gasteiger partial charge < -0.3 is 0 Å². The highest BCUT2D eigenvalue weighted by Crippen LogP contribution is 2.32. The van der Waals surface area contributed by atoms with Crippen molar-refractivity contribution in [1.29, 1.82) is 0 Å². The summed E-state index contributed by atoms with van der Waals surface area (Å²) in [6, 6.07) is 6.90. The molecule has 0 saturated carbocycles. The van der Waals surface area contributed by atoms with Gasteiger partial charge in [0.15, 0.2) is 0 Å². The van der Waals surface area contributed by atoms with Gasteiger partial charge in [0.25, 0.3) is 0 Å². The highest BCUT2D eigenvalue weighted by molar-refractivity contribution is 5.78. The topological polar surface area (TPSA) is 0 Å². The Kier molecular flexibility index (Phi) is 7.81. The molecular weight excluding hydrogens is 276 g/mol. The van der Waals surface area contributed by atoms with Crippen molar-refractivity contribution in [2.45, 2.75) is 59.8 Å². The quantitative estimate of drug-likeness (QED) is 0.439. The molecule has 0 saturated heterocycles. The van der Waals surface area contributed by atoms with Crippen LogP contribution in [0.25, 0.3) is 5.57 Å². The first-order chi connectivity index (χ1) is 11.0. The molecule has 1 rings (SSSR count). The molecule has 0 amide bonds. The SMILES string of the molecule is C=CC(=C/CC)/C(C=C)=C(\CC)c1cc(C(C)CC)ccc1C. The maximum atomic E-state index is 4.06. The molecule has 23 heavy (non-hydrogen) atoms. The van der Waals surface area contributed by atoms with Crippen LogP contribution in [0, 0.1) is 6.92 Å². The fourth-order valence-electron chi connectivity index (χ4n) is 2.97. The Morgan fingerprint density at radius 3 is 2.30 bits per heavy atom. The van der Waals surface area contributed by atoms with Crippen molar-refractivity contribution >= 4 is 5.57 Å². The Hall–Kier alpha value is -1.82. The van der Waals surface area contributed by atoms with E-state index in [-0.39, 0.29) is 0 Å². The summed E-state index contributed by atoms with van der Waals surface area (Å²) in [5.41, 5.74) is 7.86. The monoisotopic (exact) mass is 308 g/mol. The summed E-state index contributed by atoms with van der Waals surface area (Å²) in [4.78, 5) is 0. The van der Waals surface area contributed by atoms with Gasteiger partial charge >= 0.3 is 0 Å². The fraction of sp³-hybridized carbons (Fsp3) is 0.391. The first kappa shape index (κ1) is 19.2. The van der Waals surface area contributed by atoms with E-state index >= 15 is 0 Å². The van der Waals surface area contributed by atoms with Crippen LogP contribution in [0.15, 0.2) is 60.7 Å². The van der Waals surface area contributed by atoms with Crippen molar-refractivity contribution in [3.8, 4) is 0 Å². The second-order valence-corrected chi connectivity index (χ2v) is 6.11. The fourth-order valence-corrected chi connectivity index (χ4v) is 2.97. The smallest absolute Gasteiger partial charge is 0.0155 e. The van der Waals surface area contributed by atoms with Gasteiger partial charge in [0.05, 0.1) is 0 Å². The summed E-state index contributed by atoms with van der Waals surface area (Å²) in [5.74, 6) is 0.588. The third-order valence-electron chi connectivity index (χ3n) is 4.61. The van der Waals surface area contributed by atoms with E-state index in [0.717, 1.165) is 19.3 Å². The molecule has 0 aromatic heterocycles. The lowest BCUT2D eigenvalue weighted by Gasteiger charge is -2.18. The minimum Gasteiger partial charge on any atom is -0.0985 e. The summed E-state index contributed by atoms with van der Waals surface area (Å²) in [5, 5.41) is 0. The predicted molar refractivity (Wildman–Crippen MR) is 106 cm³/mol. The van der Waals surface area contributed by atoms with Crippen molar-refractivity contribution in [3.05, 3.63) is 77.4 Å². The molecule has 0 aliphatic carbocycles. The number of hydrogen-bond acceptors (Lipinski definition) is 0. The van der Waals surface area contributed by atoms with Crippen LogP contribution in [-0.4, -0.2) is 0 Å². The van der Waals surface area contributed by atoms with Crippen LogP contribution >= 0.6 is 0 Å². The van der Waals surface area contributed by atoms with Gasteiger partial charge in [-0.3, -0.25) is 0 Å². The van der Waals surface area contributed by atoms with Crippen molar-refractivity contribution in [2.24, 2.45) is 0 Å². The van der Waals surface area contributed by atoms with Crippen LogP contribution in [0.4, 0.5) is 0 Å². The molecule has 0 heteroatoms. The van der Waals surface area contributed by atoms with Crippen LogP contribution in [-0.2, 0) is 0 Å². The van der Waals surface area contributed by atoms with Crippen LogP contribution in [0.3, 0.4) is 0 Å². The van der Waals surface area contributed by atoms with E-state index < -0.39 is 0 Å². The summed E-state index contributed by atoms with van der Waals surface area (Å²) in [6.45, 7) is 19.2. The van der Waals surface area contributed by atoms with Crippen LogP contribution < -0.4 is 0 Å². The Balaban J connectivity index is 3.60. The number of benzene rings is 1. The third-order valence-corrected chi connectivity index (χ3v) is 4.61. The van der Waals surface area contributed by atoms with E-state index in [4.69, 9.17) is 0 Å². The minimum atomic E-state index is 0.588. The van der Waals surface area contributed by atoms with Gasteiger partial charge in [0.2, 0.25) is 0 Å². The average molecular weight is 309 g/mol. The van der Waals surface area contributed by atoms with Crippen molar-refractivity contribution in [2.75, 3.05) is 0 Å². The van der Waals surface area contributed by atoms with E-state index in [1.165, 1.54) is 33.4 Å². The molecule has 0 spiro atoms. The Morgan fingerprint density at radius 2 is 1.83 bits per heavy atom. The highest BCUT2D eigenvalue weighted by atomic mass is 14.2. The van der Waals surface area contributed by atoms with Gasteiger partial charge in [-0.05, 0) is 65.5 Å². The van der Waals surface area contributed by atoms with Gasteiger partial charge in [0.1, 0.15) is 0 Å². The summed E-state index contributed by atoms with van der Waals surface area (Å²) >= 11 is 0. The molecule has 1 aromatic carbocycles. The van der Waals surface area contributed by atoms with E-state index in [9.17, 15) is 0 Å². The molecule has 0 heterocycles. The summed E-state index contributed by atoms with van der Waals surface area (Å²) in [6.07, 6.45) is 9.31. The molecule has 1 atom stereocenters. The summed E-state index contributed by atoms with van der Waals surface area (Å²) < 4.78 is 0. The maximum Gasteiger partial charge on any atom is -0.0155 e. The first-order valence-electron chi connectivity index (χ1n) is 8.83. The molecule has 124 valence electrons. The lowest BCUT2D eigenvalue weighted by atomic mass is 9.87. The summed E-state index contributed by atoms with van der Waals surface area (Å²) in [7, 11) is 0. The average Bonchev–Trinajstić information content (AvgIpc) is 2.58. The Bertz CT molecular complexity index is 611. The van der Waals surface area contributed by atoms with Gasteiger partial charge in [-0.1, -0.05) is 77.3 Å². The van der Waals surface area contributed by atoms with Gasteiger partial charge in [-0.25, -0.2) is 0 Å². The molecule has 0 bridgehead atoms. The molecule has 0 aliphatic rings. The lowest BCUT2D eigenvalue weighted by Crippen LogP contribution is -1.99. The zero-order valence-electron chi connectivity index (χ0n) is 15.6. The second-order valence-electron chi connectivity index (χ2n) is 6.11. The lowest BCUT2D eigenvalue weighted by molar-refractivity contribution is 0.733. The minimum absolute atomic E-state index is 0.588. The zero-order chi connectivity index (χ0) is 17.4. The van der Waals surface area contributed by atoms with Crippen molar-refractivity contribution in [3.63, 3.8) is 0 Å². The maximum absolute atomic E-state index is 4.06. The van der Waals surface area contributed by atoms with E-state index in [1.54, 1.807) is 0 Å².